The van der Waals surface area contributed by atoms with Crippen molar-refractivity contribution in [3.05, 3.63) is 82.9 Å². The average Bonchev–Trinajstić information content (AvgIpc) is 3.60. The smallest absolute Gasteiger partial charge is 0.306 e. The van der Waals surface area contributed by atoms with Crippen molar-refractivity contribution in [2.75, 3.05) is 25.9 Å². The number of aryl methyl sites for hydroxylation is 1. The minimum absolute atomic E-state index is 0. The molecule has 258 valence electrons. The molecule has 3 fully saturated rings. The maximum Gasteiger partial charge on any atom is 0.306 e. The summed E-state index contributed by atoms with van der Waals surface area (Å²) < 4.78 is 40.1. The van der Waals surface area contributed by atoms with Crippen molar-refractivity contribution < 1.29 is 22.7 Å². The van der Waals surface area contributed by atoms with Crippen LogP contribution in [0.3, 0.4) is 0 Å². The highest BCUT2D eigenvalue weighted by molar-refractivity contribution is 7.90. The summed E-state index contributed by atoms with van der Waals surface area (Å²) in [5, 5.41) is 15.0. The van der Waals surface area contributed by atoms with Crippen LogP contribution in [-0.2, 0) is 27.6 Å². The van der Waals surface area contributed by atoms with E-state index in [1.165, 1.54) is 18.0 Å². The molecule has 6 rings (SSSR count). The lowest BCUT2D eigenvalue weighted by atomic mass is 9.85. The Morgan fingerprint density at radius 1 is 1.02 bits per heavy atom. The van der Waals surface area contributed by atoms with Crippen molar-refractivity contribution >= 4 is 40.6 Å². The molecule has 3 aromatic rings. The summed E-state index contributed by atoms with van der Waals surface area (Å²) in [4.78, 5) is 15.2. The van der Waals surface area contributed by atoms with E-state index in [-0.39, 0.29) is 48.4 Å². The quantitative estimate of drug-likeness (QED) is 0.211. The number of aliphatic carboxylic acids is 1. The maximum absolute atomic E-state index is 14.3. The first-order chi connectivity index (χ1) is 21.6. The highest BCUT2D eigenvalue weighted by Gasteiger charge is 2.43. The molecule has 0 bridgehead atoms. The Morgan fingerprint density at radius 2 is 1.72 bits per heavy atom. The molecule has 4 atom stereocenters. The van der Waals surface area contributed by atoms with Crippen molar-refractivity contribution in [1.29, 1.82) is 0 Å². The number of carbonyl (C=O) groups is 1. The number of sulfone groups is 1. The van der Waals surface area contributed by atoms with Gasteiger partial charge in [-0.15, -0.1) is 24.8 Å². The summed E-state index contributed by atoms with van der Waals surface area (Å²) in [6.07, 6.45) is 8.76. The number of nitrogens with zero attached hydrogens (tertiary/aromatic N) is 3. The van der Waals surface area contributed by atoms with Crippen LogP contribution < -0.4 is 0 Å². The van der Waals surface area contributed by atoms with Crippen LogP contribution in [0.5, 0.6) is 0 Å². The number of benzene rings is 2. The second-order valence-electron chi connectivity index (χ2n) is 13.8. The molecule has 0 radical (unpaired) electrons. The first kappa shape index (κ1) is 37.4. The van der Waals surface area contributed by atoms with Gasteiger partial charge in [0, 0.05) is 37.4 Å². The molecular weight excluding hydrogens is 660 g/mol. The zero-order valence-electron chi connectivity index (χ0n) is 27.3. The molecule has 1 aromatic heterocycles. The van der Waals surface area contributed by atoms with Crippen molar-refractivity contribution in [2.45, 2.75) is 81.6 Å². The largest absolute Gasteiger partial charge is 0.481 e. The molecule has 3 unspecified atom stereocenters. The van der Waals surface area contributed by atoms with Gasteiger partial charge in [0.2, 0.25) is 0 Å². The number of carboxylic acid groups (broad SMARTS) is 1. The molecule has 3 aliphatic rings. The van der Waals surface area contributed by atoms with Gasteiger partial charge >= 0.3 is 5.97 Å². The number of hydrogen-bond donors (Lipinski definition) is 1. The summed E-state index contributed by atoms with van der Waals surface area (Å²) >= 11 is 0. The first-order valence-corrected chi connectivity index (χ1v) is 18.5. The highest BCUT2D eigenvalue weighted by atomic mass is 35.5. The minimum Gasteiger partial charge on any atom is -0.481 e. The standard InChI is InChI=1S/C36H46FN3O4S.2ClH/c1-3-40-35(22-31(38-40)17-24-9-11-32(12-10-24)45(2,43)44)26-13-15-39(16-14-26)23-29-19-28(34(36(41)42)18-25-7-8-25)21-33(29)27-5-4-6-30(37)20-27;;/h4-6,9-12,20,22,25-26,28-29,33-34H,3,7-8,13-19,21,23H2,1-2H3,(H,41,42);2*1H/t28?,29?,33?,34-;;/m0../s1. The fraction of sp³-hybridized carbons (Fsp3) is 0.556. The second kappa shape index (κ2) is 15.8. The summed E-state index contributed by atoms with van der Waals surface area (Å²) in [5.41, 5.74) is 4.31. The SMILES string of the molecule is CCn1nc(Cc2ccc(S(C)(=O)=O)cc2)cc1C1CCN(CC2CC([C@H](CC3CC3)C(=O)O)CC2c2cccc(F)c2)CC1.Cl.Cl. The van der Waals surface area contributed by atoms with Gasteiger partial charge in [-0.25, -0.2) is 12.8 Å². The Balaban J connectivity index is 0.00000250. The number of aromatic nitrogens is 2. The van der Waals surface area contributed by atoms with Crippen LogP contribution in [0.4, 0.5) is 4.39 Å². The first-order valence-electron chi connectivity index (χ1n) is 16.6. The van der Waals surface area contributed by atoms with Gasteiger partial charge in [0.05, 0.1) is 16.5 Å². The minimum atomic E-state index is -3.22. The Bertz CT molecular complexity index is 1600. The van der Waals surface area contributed by atoms with Crippen molar-refractivity contribution in [2.24, 2.45) is 23.7 Å². The zero-order chi connectivity index (χ0) is 31.7. The molecule has 1 N–H and O–H groups in total. The number of carboxylic acids is 1. The number of likely N-dealkylation sites (tertiary alicyclic amines) is 1. The molecule has 0 amide bonds. The summed E-state index contributed by atoms with van der Waals surface area (Å²) in [5.74, 6) is 0.431. The van der Waals surface area contributed by atoms with E-state index in [2.05, 4.69) is 22.6 Å². The fourth-order valence-corrected chi connectivity index (χ4v) is 8.64. The van der Waals surface area contributed by atoms with Gasteiger partial charge in [-0.05, 0) is 117 Å². The van der Waals surface area contributed by atoms with E-state index in [1.54, 1.807) is 24.3 Å². The molecule has 47 heavy (non-hydrogen) atoms. The molecule has 7 nitrogen and oxygen atoms in total. The monoisotopic (exact) mass is 707 g/mol. The van der Waals surface area contributed by atoms with Gasteiger partial charge in [0.15, 0.2) is 9.84 Å². The van der Waals surface area contributed by atoms with Crippen molar-refractivity contribution in [3.8, 4) is 0 Å². The van der Waals surface area contributed by atoms with Crippen LogP contribution in [0.25, 0.3) is 0 Å². The molecule has 2 heterocycles. The highest BCUT2D eigenvalue weighted by Crippen LogP contribution is 2.49. The van der Waals surface area contributed by atoms with Crippen molar-refractivity contribution in [3.63, 3.8) is 0 Å². The van der Waals surface area contributed by atoms with Gasteiger partial charge in [0.25, 0.3) is 0 Å². The third kappa shape index (κ3) is 9.17. The summed E-state index contributed by atoms with van der Waals surface area (Å²) in [6, 6.07) is 16.3. The Labute approximate surface area is 291 Å². The Hall–Kier alpha value is -2.46. The lowest BCUT2D eigenvalue weighted by molar-refractivity contribution is -0.144. The fourth-order valence-electron chi connectivity index (χ4n) is 8.01. The van der Waals surface area contributed by atoms with Crippen LogP contribution >= 0.6 is 24.8 Å². The van der Waals surface area contributed by atoms with Gasteiger partial charge in [0.1, 0.15) is 5.82 Å². The van der Waals surface area contributed by atoms with Crippen LogP contribution in [0.15, 0.2) is 59.5 Å². The lowest BCUT2D eigenvalue weighted by Gasteiger charge is -2.35. The maximum atomic E-state index is 14.3. The molecular formula is C36H48Cl2FN3O4S. The molecule has 1 aliphatic heterocycles. The predicted octanol–water partition coefficient (Wildman–Crippen LogP) is 7.37. The van der Waals surface area contributed by atoms with Gasteiger partial charge in [-0.2, -0.15) is 5.10 Å². The summed E-state index contributed by atoms with van der Waals surface area (Å²) in [7, 11) is -3.22. The van der Waals surface area contributed by atoms with Gasteiger partial charge < -0.3 is 10.0 Å². The number of hydrogen-bond acceptors (Lipinski definition) is 5. The van der Waals surface area contributed by atoms with E-state index in [1.807, 2.05) is 18.2 Å². The van der Waals surface area contributed by atoms with E-state index >= 15 is 0 Å². The molecule has 1 saturated heterocycles. The number of halogens is 3. The van der Waals surface area contributed by atoms with Crippen LogP contribution in [0.2, 0.25) is 0 Å². The topological polar surface area (TPSA) is 92.5 Å². The average molecular weight is 709 g/mol. The number of piperidine rings is 1. The normalized spacial score (nSPS) is 22.7. The Kier molecular flexibility index (Phi) is 12.6. The summed E-state index contributed by atoms with van der Waals surface area (Å²) in [6.45, 7) is 5.79. The van der Waals surface area contributed by atoms with Gasteiger partial charge in [-0.1, -0.05) is 37.1 Å². The third-order valence-corrected chi connectivity index (χ3v) is 11.7. The zero-order valence-corrected chi connectivity index (χ0v) is 29.7. The molecule has 2 aromatic carbocycles. The molecule has 0 spiro atoms. The van der Waals surface area contributed by atoms with Gasteiger partial charge in [-0.3, -0.25) is 9.48 Å². The van der Waals surface area contributed by atoms with E-state index in [0.29, 0.717) is 29.1 Å². The number of rotatable bonds is 12. The van der Waals surface area contributed by atoms with Crippen LogP contribution in [0.1, 0.15) is 86.2 Å². The molecule has 2 aliphatic carbocycles. The van der Waals surface area contributed by atoms with Crippen LogP contribution in [0, 0.1) is 29.5 Å². The molecule has 2 saturated carbocycles. The van der Waals surface area contributed by atoms with E-state index in [4.69, 9.17) is 5.10 Å². The van der Waals surface area contributed by atoms with Crippen LogP contribution in [-0.4, -0.2) is 60.1 Å². The second-order valence-corrected chi connectivity index (χ2v) is 15.8. The predicted molar refractivity (Wildman–Crippen MR) is 187 cm³/mol. The van der Waals surface area contributed by atoms with E-state index in [0.717, 1.165) is 87.9 Å². The Morgan fingerprint density at radius 3 is 2.32 bits per heavy atom. The lowest BCUT2D eigenvalue weighted by Crippen LogP contribution is -2.37. The third-order valence-electron chi connectivity index (χ3n) is 10.6. The van der Waals surface area contributed by atoms with Crippen molar-refractivity contribution in [1.82, 2.24) is 14.7 Å². The van der Waals surface area contributed by atoms with E-state index < -0.39 is 15.8 Å². The van der Waals surface area contributed by atoms with E-state index in [9.17, 15) is 22.7 Å². The molecule has 11 heteroatoms.